The van der Waals surface area contributed by atoms with E-state index in [1.54, 1.807) is 19.1 Å². The van der Waals surface area contributed by atoms with Gasteiger partial charge in [-0.1, -0.05) is 19.3 Å². The second-order valence-corrected chi connectivity index (χ2v) is 10.1. The van der Waals surface area contributed by atoms with Gasteiger partial charge in [-0.05, 0) is 90.4 Å². The molecule has 1 aliphatic carbocycles. The van der Waals surface area contributed by atoms with Crippen LogP contribution in [0.2, 0.25) is 0 Å². The molecule has 0 bridgehead atoms. The van der Waals surface area contributed by atoms with Gasteiger partial charge in [0.1, 0.15) is 11.4 Å². The molecular weight excluding hydrogens is 608 g/mol. The molecule has 2 fully saturated rings. The number of benzene rings is 2. The molecule has 0 radical (unpaired) electrons. The lowest BCUT2D eigenvalue weighted by molar-refractivity contribution is -0.132. The van der Waals surface area contributed by atoms with Crippen LogP contribution in [0.3, 0.4) is 0 Å². The van der Waals surface area contributed by atoms with Crippen LogP contribution >= 0.6 is 22.6 Å². The summed E-state index contributed by atoms with van der Waals surface area (Å²) < 4.78 is 25.1. The number of imide groups is 2. The summed E-state index contributed by atoms with van der Waals surface area (Å²) >= 11 is 2.01. The third kappa shape index (κ3) is 6.50. The lowest BCUT2D eigenvalue weighted by Gasteiger charge is -2.35. The highest BCUT2D eigenvalue weighted by Crippen LogP contribution is 2.35. The van der Waals surface area contributed by atoms with E-state index in [9.17, 15) is 23.6 Å². The van der Waals surface area contributed by atoms with Crippen molar-refractivity contribution < 1.29 is 33.0 Å². The topological polar surface area (TPSA) is 114 Å². The zero-order valence-corrected chi connectivity index (χ0v) is 22.9. The molecule has 0 unspecified atom stereocenters. The maximum Gasteiger partial charge on any atom is 0.331 e. The average molecular weight is 635 g/mol. The van der Waals surface area contributed by atoms with Crippen LogP contribution in [0.25, 0.3) is 6.08 Å². The number of hydrogen-bond acceptors (Lipinski definition) is 6. The number of carbonyl (C=O) groups excluding carboxylic acids is 4. The second kappa shape index (κ2) is 12.4. The molecule has 2 N–H and O–H groups in total. The van der Waals surface area contributed by atoms with Gasteiger partial charge in [-0.3, -0.25) is 24.6 Å². The molecule has 1 saturated carbocycles. The molecule has 0 aromatic heterocycles. The minimum atomic E-state index is -0.752. The molecule has 9 nitrogen and oxygen atoms in total. The van der Waals surface area contributed by atoms with Crippen molar-refractivity contribution in [2.75, 3.05) is 18.5 Å². The van der Waals surface area contributed by atoms with Gasteiger partial charge < -0.3 is 14.8 Å². The van der Waals surface area contributed by atoms with Gasteiger partial charge in [0.25, 0.3) is 17.7 Å². The fourth-order valence-electron chi connectivity index (χ4n) is 4.45. The Hall–Kier alpha value is -3.48. The van der Waals surface area contributed by atoms with Gasteiger partial charge in [-0.2, -0.15) is 0 Å². The van der Waals surface area contributed by atoms with Crippen molar-refractivity contribution in [3.05, 3.63) is 56.9 Å². The minimum Gasteiger partial charge on any atom is -0.490 e. The molecule has 38 heavy (non-hydrogen) atoms. The van der Waals surface area contributed by atoms with Crippen LogP contribution in [-0.2, 0) is 14.4 Å². The highest BCUT2D eigenvalue weighted by molar-refractivity contribution is 14.1. The Morgan fingerprint density at radius 1 is 1.13 bits per heavy atom. The molecule has 1 saturated heterocycles. The standard InChI is InChI=1S/C27H27FIN3O6/c1-2-37-22-14-16(12-20-25(34)31-27(36)32(26(20)35)19-6-4-3-5-7-19)13-21(29)24(22)38-15-23(33)30-18-10-8-17(28)9-11-18/h8-14,19H,2-7,15H2,1H3,(H,30,33)(H,31,34,36). The zero-order chi connectivity index (χ0) is 27.2. The number of hydrogen-bond donors (Lipinski definition) is 2. The van der Waals surface area contributed by atoms with Crippen LogP contribution in [-0.4, -0.2) is 47.9 Å². The van der Waals surface area contributed by atoms with Crippen molar-refractivity contribution in [2.45, 2.75) is 45.1 Å². The van der Waals surface area contributed by atoms with Gasteiger partial charge in [-0.15, -0.1) is 0 Å². The summed E-state index contributed by atoms with van der Waals surface area (Å²) in [5.74, 6) is -1.58. The van der Waals surface area contributed by atoms with Crippen LogP contribution in [0, 0.1) is 9.39 Å². The maximum atomic E-state index is 13.2. The molecule has 2 aliphatic rings. The summed E-state index contributed by atoms with van der Waals surface area (Å²) in [6, 6.07) is 7.73. The van der Waals surface area contributed by atoms with Crippen molar-refractivity contribution in [1.29, 1.82) is 0 Å². The van der Waals surface area contributed by atoms with E-state index in [0.29, 0.717) is 45.8 Å². The lowest BCUT2D eigenvalue weighted by atomic mass is 9.93. The van der Waals surface area contributed by atoms with Crippen molar-refractivity contribution >= 4 is 58.1 Å². The van der Waals surface area contributed by atoms with E-state index in [0.717, 1.165) is 24.2 Å². The average Bonchev–Trinajstić information content (AvgIpc) is 2.88. The molecule has 4 rings (SSSR count). The lowest BCUT2D eigenvalue weighted by Crippen LogP contribution is -2.58. The van der Waals surface area contributed by atoms with Crippen LogP contribution in [0.5, 0.6) is 11.5 Å². The van der Waals surface area contributed by atoms with E-state index in [4.69, 9.17) is 9.47 Å². The monoisotopic (exact) mass is 635 g/mol. The second-order valence-electron chi connectivity index (χ2n) is 8.89. The highest BCUT2D eigenvalue weighted by atomic mass is 127. The number of anilines is 1. The normalized spacial score (nSPS) is 17.4. The number of carbonyl (C=O) groups is 4. The Morgan fingerprint density at radius 3 is 2.53 bits per heavy atom. The molecule has 2 aromatic rings. The predicted octanol–water partition coefficient (Wildman–Crippen LogP) is 4.64. The molecule has 200 valence electrons. The van der Waals surface area contributed by atoms with Crippen molar-refractivity contribution in [3.8, 4) is 11.5 Å². The van der Waals surface area contributed by atoms with E-state index in [2.05, 4.69) is 10.6 Å². The highest BCUT2D eigenvalue weighted by Gasteiger charge is 2.40. The molecule has 0 atom stereocenters. The third-order valence-corrected chi connectivity index (χ3v) is 6.99. The first-order valence-electron chi connectivity index (χ1n) is 12.3. The van der Waals surface area contributed by atoms with E-state index < -0.39 is 29.6 Å². The van der Waals surface area contributed by atoms with Gasteiger partial charge in [0, 0.05) is 11.7 Å². The summed E-state index contributed by atoms with van der Waals surface area (Å²) in [5.41, 5.74) is 0.788. The number of amides is 5. The van der Waals surface area contributed by atoms with Crippen molar-refractivity contribution in [2.24, 2.45) is 0 Å². The molecule has 1 aliphatic heterocycles. The van der Waals surface area contributed by atoms with Gasteiger partial charge >= 0.3 is 6.03 Å². The fourth-order valence-corrected chi connectivity index (χ4v) is 5.23. The Kier molecular flexibility index (Phi) is 8.97. The quantitative estimate of drug-likeness (QED) is 0.248. The van der Waals surface area contributed by atoms with Crippen molar-refractivity contribution in [3.63, 3.8) is 0 Å². The van der Waals surface area contributed by atoms with E-state index >= 15 is 0 Å². The number of urea groups is 1. The molecule has 1 heterocycles. The largest absolute Gasteiger partial charge is 0.490 e. The first-order chi connectivity index (χ1) is 18.3. The summed E-state index contributed by atoms with van der Waals surface area (Å²) in [7, 11) is 0. The fraction of sp³-hybridized carbons (Fsp3) is 0.333. The summed E-state index contributed by atoms with van der Waals surface area (Å²) in [6.45, 7) is 1.76. The number of nitrogens with zero attached hydrogens (tertiary/aromatic N) is 1. The number of nitrogens with one attached hydrogen (secondary N) is 2. The van der Waals surface area contributed by atoms with Crippen LogP contribution < -0.4 is 20.1 Å². The van der Waals surface area contributed by atoms with Crippen molar-refractivity contribution in [1.82, 2.24) is 10.2 Å². The van der Waals surface area contributed by atoms with Gasteiger partial charge in [0.05, 0.1) is 10.2 Å². The number of halogens is 2. The molecule has 5 amide bonds. The summed E-state index contributed by atoms with van der Waals surface area (Å²) in [4.78, 5) is 51.8. The number of ether oxygens (including phenoxy) is 2. The van der Waals surface area contributed by atoms with E-state index in [1.165, 1.54) is 30.3 Å². The maximum absolute atomic E-state index is 13.2. The Morgan fingerprint density at radius 2 is 1.84 bits per heavy atom. The molecule has 11 heteroatoms. The number of rotatable bonds is 8. The minimum absolute atomic E-state index is 0.138. The van der Waals surface area contributed by atoms with E-state index in [-0.39, 0.29) is 18.2 Å². The van der Waals surface area contributed by atoms with Crippen LogP contribution in [0.1, 0.15) is 44.6 Å². The molecule has 2 aromatic carbocycles. The first kappa shape index (κ1) is 27.6. The van der Waals surface area contributed by atoms with Gasteiger partial charge in [0.15, 0.2) is 18.1 Å². The van der Waals surface area contributed by atoms with Gasteiger partial charge in [0.2, 0.25) is 0 Å². The Balaban J connectivity index is 1.53. The summed E-state index contributed by atoms with van der Waals surface area (Å²) in [6.07, 6.45) is 5.77. The van der Waals surface area contributed by atoms with Crippen LogP contribution in [0.15, 0.2) is 42.0 Å². The number of barbiturate groups is 1. The molecular formula is C27H27FIN3O6. The van der Waals surface area contributed by atoms with Gasteiger partial charge in [-0.25, -0.2) is 9.18 Å². The SMILES string of the molecule is CCOc1cc(C=C2C(=O)NC(=O)N(C3CCCCC3)C2=O)cc(I)c1OCC(=O)Nc1ccc(F)cc1. The smallest absolute Gasteiger partial charge is 0.331 e. The van der Waals surface area contributed by atoms with Crippen LogP contribution in [0.4, 0.5) is 14.9 Å². The Labute approximate surface area is 232 Å². The predicted molar refractivity (Wildman–Crippen MR) is 146 cm³/mol. The molecule has 0 spiro atoms. The zero-order valence-electron chi connectivity index (χ0n) is 20.7. The van der Waals surface area contributed by atoms with E-state index in [1.807, 2.05) is 22.6 Å². The summed E-state index contributed by atoms with van der Waals surface area (Å²) in [5, 5.41) is 4.91. The third-order valence-electron chi connectivity index (χ3n) is 6.19. The Bertz CT molecular complexity index is 1270. The first-order valence-corrected chi connectivity index (χ1v) is 13.4.